The van der Waals surface area contributed by atoms with E-state index < -0.39 is 5.91 Å². The number of carbonyl (C=O) groups is 1. The van der Waals surface area contributed by atoms with Crippen LogP contribution in [-0.2, 0) is 7.05 Å². The molecule has 0 spiro atoms. The van der Waals surface area contributed by atoms with Crippen molar-refractivity contribution in [3.05, 3.63) is 17.7 Å². The molecule has 0 fully saturated rings. The number of nitrogens with two attached hydrogens (primary N) is 1. The van der Waals surface area contributed by atoms with Crippen LogP contribution in [0.3, 0.4) is 0 Å². The number of aryl methyl sites for hydroxylation is 1. The molecule has 0 aliphatic heterocycles. The number of aromatic nitrogens is 5. The molecule has 0 aromatic carbocycles. The smallest absolute Gasteiger partial charge is 0.269 e. The van der Waals surface area contributed by atoms with Crippen molar-refractivity contribution in [3.8, 4) is 11.4 Å². The molecule has 0 aliphatic rings. The number of hydrogen-bond acceptors (Lipinski definition) is 4. The molecule has 7 heteroatoms. The second-order valence-electron chi connectivity index (χ2n) is 4.24. The van der Waals surface area contributed by atoms with Crippen LogP contribution < -0.4 is 5.73 Å². The van der Waals surface area contributed by atoms with Crippen LogP contribution in [0.2, 0.25) is 0 Å². The average molecular weight is 248 g/mol. The van der Waals surface area contributed by atoms with E-state index in [-0.39, 0.29) is 11.6 Å². The van der Waals surface area contributed by atoms with Crippen LogP contribution in [0.15, 0.2) is 6.33 Å². The standard InChI is InChI=1S/C11H16N6O/c1-4-6(2)9-7(11-13-5-14-15-11)8(10(12)18)16-17(9)3/h5-6H,4H2,1-3H3,(H2,12,18)(H,13,14,15). The van der Waals surface area contributed by atoms with Gasteiger partial charge in [0.2, 0.25) is 0 Å². The lowest BCUT2D eigenvalue weighted by atomic mass is 9.99. The van der Waals surface area contributed by atoms with E-state index in [0.717, 1.165) is 12.1 Å². The number of primary amides is 1. The number of nitrogens with one attached hydrogen (secondary N) is 1. The summed E-state index contributed by atoms with van der Waals surface area (Å²) in [5.74, 6) is 0.203. The van der Waals surface area contributed by atoms with E-state index in [1.165, 1.54) is 6.33 Å². The van der Waals surface area contributed by atoms with E-state index in [0.29, 0.717) is 11.4 Å². The summed E-state index contributed by atoms with van der Waals surface area (Å²) in [6.45, 7) is 4.15. The van der Waals surface area contributed by atoms with Gasteiger partial charge in [-0.2, -0.15) is 5.10 Å². The number of carbonyl (C=O) groups excluding carboxylic acids is 1. The zero-order chi connectivity index (χ0) is 13.3. The lowest BCUT2D eigenvalue weighted by Gasteiger charge is -2.11. The fourth-order valence-corrected chi connectivity index (χ4v) is 2.03. The molecule has 0 saturated heterocycles. The minimum absolute atomic E-state index is 0.226. The van der Waals surface area contributed by atoms with E-state index in [1.807, 2.05) is 0 Å². The normalized spacial score (nSPS) is 12.6. The van der Waals surface area contributed by atoms with Gasteiger partial charge in [0, 0.05) is 7.05 Å². The van der Waals surface area contributed by atoms with Gasteiger partial charge < -0.3 is 10.7 Å². The van der Waals surface area contributed by atoms with Crippen molar-refractivity contribution in [1.29, 1.82) is 0 Å². The molecule has 1 amide bonds. The molecule has 2 aromatic rings. The lowest BCUT2D eigenvalue weighted by molar-refractivity contribution is 0.0995. The second-order valence-corrected chi connectivity index (χ2v) is 4.24. The van der Waals surface area contributed by atoms with Gasteiger partial charge in [-0.3, -0.25) is 9.48 Å². The first kappa shape index (κ1) is 12.3. The molecule has 0 aliphatic carbocycles. The maximum Gasteiger partial charge on any atom is 0.269 e. The predicted molar refractivity (Wildman–Crippen MR) is 65.8 cm³/mol. The summed E-state index contributed by atoms with van der Waals surface area (Å²) < 4.78 is 1.69. The van der Waals surface area contributed by atoms with Crippen molar-refractivity contribution >= 4 is 5.91 Å². The molecular weight excluding hydrogens is 232 g/mol. The van der Waals surface area contributed by atoms with Crippen molar-refractivity contribution < 1.29 is 4.79 Å². The van der Waals surface area contributed by atoms with Gasteiger partial charge >= 0.3 is 0 Å². The maximum atomic E-state index is 11.5. The summed E-state index contributed by atoms with van der Waals surface area (Å²) in [6, 6.07) is 0. The number of rotatable bonds is 4. The molecular formula is C11H16N6O. The minimum atomic E-state index is -0.563. The molecule has 3 N–H and O–H groups in total. The Morgan fingerprint density at radius 2 is 2.33 bits per heavy atom. The molecule has 18 heavy (non-hydrogen) atoms. The summed E-state index contributed by atoms with van der Waals surface area (Å²) in [5.41, 5.74) is 7.18. The van der Waals surface area contributed by atoms with Crippen LogP contribution in [0.5, 0.6) is 0 Å². The van der Waals surface area contributed by atoms with Crippen molar-refractivity contribution in [1.82, 2.24) is 25.0 Å². The molecule has 2 heterocycles. The van der Waals surface area contributed by atoms with Gasteiger partial charge in [0.15, 0.2) is 11.5 Å². The molecule has 7 nitrogen and oxygen atoms in total. The van der Waals surface area contributed by atoms with E-state index in [9.17, 15) is 4.79 Å². The Labute approximate surface area is 104 Å². The highest BCUT2D eigenvalue weighted by molar-refractivity contribution is 5.97. The Balaban J connectivity index is 2.69. The Bertz CT molecular complexity index is 556. The molecule has 1 unspecified atom stereocenters. The summed E-state index contributed by atoms with van der Waals surface area (Å²) in [5, 5.41) is 11.9. The Morgan fingerprint density at radius 1 is 1.61 bits per heavy atom. The van der Waals surface area contributed by atoms with E-state index >= 15 is 0 Å². The third kappa shape index (κ3) is 1.87. The van der Waals surface area contributed by atoms with Crippen molar-refractivity contribution in [3.63, 3.8) is 0 Å². The first-order valence-electron chi connectivity index (χ1n) is 5.79. The lowest BCUT2D eigenvalue weighted by Crippen LogP contribution is -2.13. The maximum absolute atomic E-state index is 11.5. The fraction of sp³-hybridized carbons (Fsp3) is 0.455. The fourth-order valence-electron chi connectivity index (χ4n) is 2.03. The van der Waals surface area contributed by atoms with Gasteiger partial charge in [-0.15, -0.1) is 10.2 Å². The van der Waals surface area contributed by atoms with Crippen LogP contribution in [0, 0.1) is 0 Å². The van der Waals surface area contributed by atoms with Gasteiger partial charge in [-0.1, -0.05) is 13.8 Å². The first-order chi connectivity index (χ1) is 8.56. The third-order valence-electron chi connectivity index (χ3n) is 3.06. The second kappa shape index (κ2) is 4.59. The van der Waals surface area contributed by atoms with Gasteiger partial charge in [0.25, 0.3) is 5.91 Å². The Hall–Kier alpha value is -2.18. The number of hydrogen-bond donors (Lipinski definition) is 2. The number of aromatic amines is 1. The summed E-state index contributed by atoms with van der Waals surface area (Å²) in [4.78, 5) is 14.4. The Morgan fingerprint density at radius 3 is 2.83 bits per heavy atom. The SMILES string of the molecule is CCC(C)c1c(-c2nnc[nH]2)c(C(N)=O)nn1C. The molecule has 2 aromatic heterocycles. The van der Waals surface area contributed by atoms with Gasteiger partial charge in [-0.05, 0) is 12.3 Å². The molecule has 1 atom stereocenters. The van der Waals surface area contributed by atoms with Crippen LogP contribution in [0.25, 0.3) is 11.4 Å². The van der Waals surface area contributed by atoms with Crippen LogP contribution in [0.1, 0.15) is 42.4 Å². The van der Waals surface area contributed by atoms with Crippen molar-refractivity contribution in [2.45, 2.75) is 26.2 Å². The molecule has 0 radical (unpaired) electrons. The molecule has 2 rings (SSSR count). The van der Waals surface area contributed by atoms with Gasteiger partial charge in [0.05, 0.1) is 11.3 Å². The van der Waals surface area contributed by atoms with Crippen molar-refractivity contribution in [2.24, 2.45) is 12.8 Å². The largest absolute Gasteiger partial charge is 0.364 e. The van der Waals surface area contributed by atoms with Crippen LogP contribution >= 0.6 is 0 Å². The minimum Gasteiger partial charge on any atom is -0.364 e. The van der Waals surface area contributed by atoms with E-state index in [4.69, 9.17) is 5.73 Å². The molecule has 0 bridgehead atoms. The molecule has 96 valence electrons. The van der Waals surface area contributed by atoms with Gasteiger partial charge in [0.1, 0.15) is 6.33 Å². The average Bonchev–Trinajstić information content (AvgIpc) is 2.94. The number of amides is 1. The Kier molecular flexibility index (Phi) is 3.14. The number of H-pyrrole nitrogens is 1. The van der Waals surface area contributed by atoms with Crippen molar-refractivity contribution in [2.75, 3.05) is 0 Å². The quantitative estimate of drug-likeness (QED) is 0.835. The zero-order valence-electron chi connectivity index (χ0n) is 10.6. The highest BCUT2D eigenvalue weighted by Gasteiger charge is 2.25. The zero-order valence-corrected chi connectivity index (χ0v) is 10.6. The van der Waals surface area contributed by atoms with E-state index in [1.54, 1.807) is 11.7 Å². The van der Waals surface area contributed by atoms with Crippen LogP contribution in [-0.4, -0.2) is 30.9 Å². The number of nitrogens with zero attached hydrogens (tertiary/aromatic N) is 4. The van der Waals surface area contributed by atoms with Crippen LogP contribution in [0.4, 0.5) is 0 Å². The predicted octanol–water partition coefficient (Wildman–Crippen LogP) is 0.818. The first-order valence-corrected chi connectivity index (χ1v) is 5.79. The highest BCUT2D eigenvalue weighted by atomic mass is 16.1. The summed E-state index contributed by atoms with van der Waals surface area (Å²) in [6.07, 6.45) is 2.40. The highest BCUT2D eigenvalue weighted by Crippen LogP contribution is 2.31. The monoisotopic (exact) mass is 248 g/mol. The topological polar surface area (TPSA) is 102 Å². The van der Waals surface area contributed by atoms with E-state index in [2.05, 4.69) is 34.1 Å². The molecule has 0 saturated carbocycles. The van der Waals surface area contributed by atoms with Gasteiger partial charge in [-0.25, -0.2) is 0 Å². The summed E-state index contributed by atoms with van der Waals surface area (Å²) >= 11 is 0. The summed E-state index contributed by atoms with van der Waals surface area (Å²) in [7, 11) is 1.80. The third-order valence-corrected chi connectivity index (χ3v) is 3.06.